The van der Waals surface area contributed by atoms with Crippen LogP contribution in [0.1, 0.15) is 47.0 Å². The molecule has 1 fully saturated rings. The van der Waals surface area contributed by atoms with Gasteiger partial charge in [-0.3, -0.25) is 4.90 Å². The van der Waals surface area contributed by atoms with E-state index in [1.165, 1.54) is 4.90 Å². The maximum Gasteiger partial charge on any atom is 0.401 e. The van der Waals surface area contributed by atoms with Gasteiger partial charge in [0, 0.05) is 6.04 Å². The Balaban J connectivity index is 2.87. The molecule has 1 rings (SSSR count). The van der Waals surface area contributed by atoms with Crippen molar-refractivity contribution in [3.05, 3.63) is 0 Å². The first-order valence-corrected chi connectivity index (χ1v) is 7.29. The van der Waals surface area contributed by atoms with Crippen LogP contribution in [0.3, 0.4) is 0 Å². The van der Waals surface area contributed by atoms with Crippen LogP contribution in [0.15, 0.2) is 0 Å². The highest BCUT2D eigenvalue weighted by Crippen LogP contribution is 2.41. The molecule has 116 valence electrons. The molecule has 0 aromatic heterocycles. The number of halogens is 3. The number of hydrogen-bond acceptors (Lipinski definition) is 2. The van der Waals surface area contributed by atoms with Crippen LogP contribution in [-0.2, 0) is 0 Å². The molecule has 5 heteroatoms. The minimum absolute atomic E-state index is 0.0797. The Morgan fingerprint density at radius 2 is 1.80 bits per heavy atom. The molecule has 0 spiro atoms. The van der Waals surface area contributed by atoms with Gasteiger partial charge in [-0.1, -0.05) is 27.7 Å². The van der Waals surface area contributed by atoms with Gasteiger partial charge < -0.3 is 0 Å². The van der Waals surface area contributed by atoms with E-state index in [0.29, 0.717) is 25.3 Å². The van der Waals surface area contributed by atoms with Gasteiger partial charge in [0.1, 0.15) is 0 Å². The molecule has 0 amide bonds. The second-order valence-corrected chi connectivity index (χ2v) is 6.86. The van der Waals surface area contributed by atoms with Crippen LogP contribution in [-0.4, -0.2) is 30.2 Å². The number of rotatable bonds is 3. The van der Waals surface area contributed by atoms with Gasteiger partial charge in [-0.2, -0.15) is 18.4 Å². The first-order chi connectivity index (χ1) is 9.08. The lowest BCUT2D eigenvalue weighted by molar-refractivity contribution is -0.154. The molecule has 20 heavy (non-hydrogen) atoms. The molecule has 2 nitrogen and oxygen atoms in total. The third-order valence-electron chi connectivity index (χ3n) is 4.46. The van der Waals surface area contributed by atoms with Crippen LogP contribution in [0.25, 0.3) is 0 Å². The smallest absolute Gasteiger partial charge is 0.291 e. The van der Waals surface area contributed by atoms with Crippen molar-refractivity contribution in [2.24, 2.45) is 17.3 Å². The van der Waals surface area contributed by atoms with E-state index in [0.717, 1.165) is 6.42 Å². The SMILES string of the molecule is CCN(CC(F)(F)F)C1CC(C(C)(C)C)CCC1C#N. The minimum atomic E-state index is -4.20. The number of hydrogen-bond donors (Lipinski definition) is 0. The molecule has 0 aliphatic heterocycles. The van der Waals surface area contributed by atoms with Crippen molar-refractivity contribution in [1.29, 1.82) is 5.26 Å². The van der Waals surface area contributed by atoms with Crippen LogP contribution in [0.2, 0.25) is 0 Å². The van der Waals surface area contributed by atoms with E-state index in [1.54, 1.807) is 6.92 Å². The third-order valence-corrected chi connectivity index (χ3v) is 4.46. The summed E-state index contributed by atoms with van der Waals surface area (Å²) in [4.78, 5) is 1.44. The van der Waals surface area contributed by atoms with Gasteiger partial charge in [-0.15, -0.1) is 0 Å². The largest absolute Gasteiger partial charge is 0.401 e. The van der Waals surface area contributed by atoms with Crippen molar-refractivity contribution in [3.8, 4) is 6.07 Å². The lowest BCUT2D eigenvalue weighted by Gasteiger charge is -2.44. The molecule has 0 aromatic carbocycles. The topological polar surface area (TPSA) is 27.0 Å². The summed E-state index contributed by atoms with van der Waals surface area (Å²) >= 11 is 0. The maximum absolute atomic E-state index is 12.7. The van der Waals surface area contributed by atoms with Crippen LogP contribution < -0.4 is 0 Å². The zero-order valence-corrected chi connectivity index (χ0v) is 12.8. The van der Waals surface area contributed by atoms with Gasteiger partial charge in [-0.05, 0) is 37.1 Å². The zero-order valence-electron chi connectivity index (χ0n) is 12.8. The van der Waals surface area contributed by atoms with Gasteiger partial charge in [-0.25, -0.2) is 0 Å². The predicted molar refractivity (Wildman–Crippen MR) is 73.0 cm³/mol. The van der Waals surface area contributed by atoms with Gasteiger partial charge >= 0.3 is 6.18 Å². The summed E-state index contributed by atoms with van der Waals surface area (Å²) in [5, 5.41) is 9.24. The summed E-state index contributed by atoms with van der Waals surface area (Å²) in [6.45, 7) is 7.54. The Hall–Kier alpha value is -0.760. The summed E-state index contributed by atoms with van der Waals surface area (Å²) in [7, 11) is 0. The summed E-state index contributed by atoms with van der Waals surface area (Å²) < 4.78 is 38.1. The molecule has 0 N–H and O–H groups in total. The second-order valence-electron chi connectivity index (χ2n) is 6.86. The van der Waals surface area contributed by atoms with Crippen molar-refractivity contribution < 1.29 is 13.2 Å². The average Bonchev–Trinajstić information content (AvgIpc) is 2.33. The first kappa shape index (κ1) is 17.3. The molecular formula is C15H25F3N2. The van der Waals surface area contributed by atoms with Crippen molar-refractivity contribution in [3.63, 3.8) is 0 Å². The fourth-order valence-electron chi connectivity index (χ4n) is 3.18. The van der Waals surface area contributed by atoms with E-state index < -0.39 is 12.7 Å². The van der Waals surface area contributed by atoms with Gasteiger partial charge in [0.2, 0.25) is 0 Å². The van der Waals surface area contributed by atoms with Crippen molar-refractivity contribution >= 4 is 0 Å². The average molecular weight is 290 g/mol. The monoisotopic (exact) mass is 290 g/mol. The van der Waals surface area contributed by atoms with Crippen LogP contribution in [0.4, 0.5) is 13.2 Å². The van der Waals surface area contributed by atoms with E-state index >= 15 is 0 Å². The molecular weight excluding hydrogens is 265 g/mol. The second kappa shape index (κ2) is 6.34. The number of nitrogens with zero attached hydrogens (tertiary/aromatic N) is 2. The Labute approximate surface area is 119 Å². The molecule has 1 aliphatic rings. The van der Waals surface area contributed by atoms with Gasteiger partial charge in [0.15, 0.2) is 0 Å². The van der Waals surface area contributed by atoms with E-state index in [9.17, 15) is 18.4 Å². The summed E-state index contributed by atoms with van der Waals surface area (Å²) in [5.41, 5.74) is 0.0797. The number of alkyl halides is 3. The van der Waals surface area contributed by atoms with Crippen molar-refractivity contribution in [2.45, 2.75) is 59.2 Å². The van der Waals surface area contributed by atoms with Gasteiger partial charge in [0.25, 0.3) is 0 Å². The lowest BCUT2D eigenvalue weighted by atomic mass is 9.68. The molecule has 1 saturated carbocycles. The predicted octanol–water partition coefficient (Wildman–Crippen LogP) is 4.23. The normalized spacial score (nSPS) is 28.4. The standard InChI is InChI=1S/C15H25F3N2/c1-5-20(10-15(16,17)18)13-8-12(14(2,3)4)7-6-11(13)9-19/h11-13H,5-8,10H2,1-4H3. The molecule has 0 aromatic rings. The molecule has 1 aliphatic carbocycles. The quantitative estimate of drug-likeness (QED) is 0.778. The van der Waals surface area contributed by atoms with Crippen LogP contribution in [0, 0.1) is 28.6 Å². The van der Waals surface area contributed by atoms with E-state index in [-0.39, 0.29) is 17.4 Å². The Morgan fingerprint density at radius 1 is 1.20 bits per heavy atom. The maximum atomic E-state index is 12.7. The van der Waals surface area contributed by atoms with Crippen LogP contribution in [0.5, 0.6) is 0 Å². The molecule has 3 atom stereocenters. The molecule has 0 heterocycles. The Morgan fingerprint density at radius 3 is 2.20 bits per heavy atom. The highest BCUT2D eigenvalue weighted by atomic mass is 19.4. The summed E-state index contributed by atoms with van der Waals surface area (Å²) in [6, 6.07) is 1.94. The lowest BCUT2D eigenvalue weighted by Crippen LogP contribution is -2.49. The Bertz CT molecular complexity index is 352. The molecule has 0 radical (unpaired) electrons. The fourth-order valence-corrected chi connectivity index (χ4v) is 3.18. The van der Waals surface area contributed by atoms with Crippen LogP contribution >= 0.6 is 0 Å². The fraction of sp³-hybridized carbons (Fsp3) is 0.933. The third kappa shape index (κ3) is 4.66. The molecule has 0 bridgehead atoms. The van der Waals surface area contributed by atoms with E-state index in [4.69, 9.17) is 0 Å². The highest BCUT2D eigenvalue weighted by Gasteiger charge is 2.41. The first-order valence-electron chi connectivity index (χ1n) is 7.29. The van der Waals surface area contributed by atoms with Gasteiger partial charge in [0.05, 0.1) is 18.5 Å². The van der Waals surface area contributed by atoms with E-state index in [1.807, 2.05) is 0 Å². The minimum Gasteiger partial charge on any atom is -0.291 e. The molecule has 0 saturated heterocycles. The van der Waals surface area contributed by atoms with Crippen molar-refractivity contribution in [1.82, 2.24) is 4.90 Å². The molecule has 3 unspecified atom stereocenters. The van der Waals surface area contributed by atoms with Crippen molar-refractivity contribution in [2.75, 3.05) is 13.1 Å². The summed E-state index contributed by atoms with van der Waals surface area (Å²) in [6.07, 6.45) is -1.88. The number of nitriles is 1. The van der Waals surface area contributed by atoms with E-state index in [2.05, 4.69) is 26.8 Å². The summed E-state index contributed by atoms with van der Waals surface area (Å²) in [5.74, 6) is 0.0929. The Kier molecular flexibility index (Phi) is 5.48. The highest BCUT2D eigenvalue weighted by molar-refractivity contribution is 4.99. The zero-order chi connectivity index (χ0) is 15.6.